The summed E-state index contributed by atoms with van der Waals surface area (Å²) in [6, 6.07) is 9.51. The van der Waals surface area contributed by atoms with E-state index in [-0.39, 0.29) is 11.7 Å². The highest BCUT2D eigenvalue weighted by Crippen LogP contribution is 2.45. The monoisotopic (exact) mass is 394 g/mol. The molecule has 0 spiro atoms. The highest BCUT2D eigenvalue weighted by Gasteiger charge is 2.30. The van der Waals surface area contributed by atoms with Gasteiger partial charge in [-0.15, -0.1) is 0 Å². The van der Waals surface area contributed by atoms with Gasteiger partial charge in [0, 0.05) is 18.1 Å². The van der Waals surface area contributed by atoms with Crippen LogP contribution in [0.4, 0.5) is 0 Å². The fourth-order valence-electron chi connectivity index (χ4n) is 3.62. The number of hydrogen-bond donors (Lipinski definition) is 0. The first kappa shape index (κ1) is 19.2. The van der Waals surface area contributed by atoms with Crippen LogP contribution in [0.15, 0.2) is 43.0 Å². The zero-order valence-electron chi connectivity index (χ0n) is 17.3. The van der Waals surface area contributed by atoms with E-state index >= 15 is 0 Å². The lowest BCUT2D eigenvalue weighted by Gasteiger charge is -2.33. The van der Waals surface area contributed by atoms with Gasteiger partial charge in [0.15, 0.2) is 11.5 Å². The van der Waals surface area contributed by atoms with Crippen LogP contribution in [0.25, 0.3) is 11.6 Å². The fraction of sp³-hybridized carbons (Fsp3) is 0.333. The van der Waals surface area contributed by atoms with Gasteiger partial charge in [-0.25, -0.2) is 0 Å². The van der Waals surface area contributed by atoms with Crippen molar-refractivity contribution in [1.82, 2.24) is 0 Å². The van der Waals surface area contributed by atoms with Gasteiger partial charge in [0.1, 0.15) is 35.6 Å². The van der Waals surface area contributed by atoms with Crippen molar-refractivity contribution in [3.05, 3.63) is 54.1 Å². The second kappa shape index (κ2) is 7.39. The summed E-state index contributed by atoms with van der Waals surface area (Å²) < 4.78 is 29.0. The Labute approximate surface area is 171 Å². The Balaban J connectivity index is 1.53. The van der Waals surface area contributed by atoms with Gasteiger partial charge in [0.2, 0.25) is 0 Å². The van der Waals surface area contributed by atoms with Gasteiger partial charge in [0.05, 0.1) is 19.8 Å². The summed E-state index contributed by atoms with van der Waals surface area (Å²) in [5.41, 5.74) is 2.69. The molecule has 152 valence electrons. The maximum Gasteiger partial charge on any atom is 0.164 e. The summed E-state index contributed by atoms with van der Waals surface area (Å²) in [7, 11) is 3.21. The molecule has 0 radical (unpaired) electrons. The largest absolute Gasteiger partial charge is 0.493 e. The van der Waals surface area contributed by atoms with Crippen molar-refractivity contribution in [3.8, 4) is 28.7 Å². The number of fused-ring (bicyclic) bond motifs is 3. The molecule has 1 atom stereocenters. The molecular weight excluding hydrogens is 368 g/mol. The van der Waals surface area contributed by atoms with Crippen LogP contribution in [-0.2, 0) is 0 Å². The van der Waals surface area contributed by atoms with Gasteiger partial charge in [-0.3, -0.25) is 0 Å². The molecule has 4 rings (SSSR count). The third-order valence-electron chi connectivity index (χ3n) is 5.11. The van der Waals surface area contributed by atoms with Crippen LogP contribution in [0.3, 0.4) is 0 Å². The van der Waals surface area contributed by atoms with Crippen LogP contribution in [-0.4, -0.2) is 32.5 Å². The van der Waals surface area contributed by atoms with Crippen molar-refractivity contribution >= 4 is 11.6 Å². The molecule has 1 unspecified atom stereocenters. The van der Waals surface area contributed by atoms with Crippen molar-refractivity contribution in [3.63, 3.8) is 0 Å². The van der Waals surface area contributed by atoms with Crippen LogP contribution >= 0.6 is 0 Å². The summed E-state index contributed by atoms with van der Waals surface area (Å²) in [4.78, 5) is 0. The van der Waals surface area contributed by atoms with Crippen molar-refractivity contribution in [2.24, 2.45) is 0 Å². The van der Waals surface area contributed by atoms with Crippen molar-refractivity contribution in [2.75, 3.05) is 20.8 Å². The first-order valence-electron chi connectivity index (χ1n) is 9.65. The van der Waals surface area contributed by atoms with Crippen LogP contribution in [0, 0.1) is 0 Å². The molecule has 2 heterocycles. The third kappa shape index (κ3) is 3.77. The number of rotatable bonds is 5. The summed E-state index contributed by atoms with van der Waals surface area (Å²) >= 11 is 0. The fourth-order valence-corrected chi connectivity index (χ4v) is 3.62. The molecule has 5 heteroatoms. The Morgan fingerprint density at radius 1 is 1.10 bits per heavy atom. The van der Waals surface area contributed by atoms with E-state index in [0.717, 1.165) is 28.2 Å². The average Bonchev–Trinajstić information content (AvgIpc) is 2.70. The quantitative estimate of drug-likeness (QED) is 0.703. The van der Waals surface area contributed by atoms with Crippen LogP contribution in [0.2, 0.25) is 0 Å². The van der Waals surface area contributed by atoms with Crippen LogP contribution in [0.1, 0.15) is 31.4 Å². The second-order valence-corrected chi connectivity index (χ2v) is 7.77. The lowest BCUT2D eigenvalue weighted by molar-refractivity contribution is 0.123. The molecule has 0 aromatic heterocycles. The second-order valence-electron chi connectivity index (χ2n) is 7.77. The predicted molar refractivity (Wildman–Crippen MR) is 113 cm³/mol. The summed E-state index contributed by atoms with van der Waals surface area (Å²) in [6.45, 7) is 8.71. The Bertz CT molecular complexity index is 973. The van der Waals surface area contributed by atoms with Gasteiger partial charge < -0.3 is 23.7 Å². The Kier molecular flexibility index (Phi) is 4.91. The molecule has 2 aliphatic rings. The Morgan fingerprint density at radius 2 is 1.90 bits per heavy atom. The van der Waals surface area contributed by atoms with E-state index in [0.29, 0.717) is 30.3 Å². The standard InChI is InChI=1S/C24H26O5/c1-15-12-17(14-27-16-6-8-21(25-4)22(13-16)26-5)28-23-18(15)7-9-20-19(23)10-11-24(2,3)29-20/h6-11,13,17H,1,12,14H2,2-5H3. The van der Waals surface area contributed by atoms with E-state index in [1.165, 1.54) is 0 Å². The molecule has 0 aliphatic carbocycles. The molecule has 0 saturated heterocycles. The van der Waals surface area contributed by atoms with E-state index in [1.807, 2.05) is 50.3 Å². The first-order chi connectivity index (χ1) is 13.9. The molecule has 2 aromatic carbocycles. The van der Waals surface area contributed by atoms with Gasteiger partial charge in [-0.05, 0) is 55.8 Å². The van der Waals surface area contributed by atoms with Crippen LogP contribution < -0.4 is 23.7 Å². The predicted octanol–water partition coefficient (Wildman–Crippen LogP) is 5.13. The lowest BCUT2D eigenvalue weighted by Crippen LogP contribution is -2.31. The molecule has 0 fully saturated rings. The number of methoxy groups -OCH3 is 2. The Morgan fingerprint density at radius 3 is 2.66 bits per heavy atom. The highest BCUT2D eigenvalue weighted by atomic mass is 16.5. The summed E-state index contributed by atoms with van der Waals surface area (Å²) in [5.74, 6) is 3.63. The SMILES string of the molecule is C=C1CC(COc2ccc(OC)c(OC)c2)Oc2c1ccc1c2C=CC(C)(C)O1. The zero-order chi connectivity index (χ0) is 20.6. The normalized spacial score (nSPS) is 18.8. The lowest BCUT2D eigenvalue weighted by atomic mass is 9.92. The van der Waals surface area contributed by atoms with E-state index < -0.39 is 0 Å². The van der Waals surface area contributed by atoms with Gasteiger partial charge >= 0.3 is 0 Å². The molecule has 2 aliphatic heterocycles. The summed E-state index contributed by atoms with van der Waals surface area (Å²) in [5, 5.41) is 0. The molecule has 5 nitrogen and oxygen atoms in total. The number of benzene rings is 2. The third-order valence-corrected chi connectivity index (χ3v) is 5.11. The molecule has 0 saturated carbocycles. The van der Waals surface area contributed by atoms with Crippen molar-refractivity contribution in [1.29, 1.82) is 0 Å². The van der Waals surface area contributed by atoms with Crippen molar-refractivity contribution in [2.45, 2.75) is 32.0 Å². The van der Waals surface area contributed by atoms with E-state index in [9.17, 15) is 0 Å². The van der Waals surface area contributed by atoms with Crippen LogP contribution in [0.5, 0.6) is 28.7 Å². The molecule has 29 heavy (non-hydrogen) atoms. The minimum Gasteiger partial charge on any atom is -0.493 e. The minimum atomic E-state index is -0.331. The maximum absolute atomic E-state index is 6.32. The number of ether oxygens (including phenoxy) is 5. The maximum atomic E-state index is 6.32. The van der Waals surface area contributed by atoms with Gasteiger partial charge in [-0.1, -0.05) is 6.58 Å². The minimum absolute atomic E-state index is 0.141. The smallest absolute Gasteiger partial charge is 0.164 e. The van der Waals surface area contributed by atoms with Crippen molar-refractivity contribution < 1.29 is 23.7 Å². The Hall–Kier alpha value is -3.08. The molecular formula is C24H26O5. The van der Waals surface area contributed by atoms with Gasteiger partial charge in [-0.2, -0.15) is 0 Å². The van der Waals surface area contributed by atoms with E-state index in [2.05, 4.69) is 12.7 Å². The molecule has 0 amide bonds. The number of hydrogen-bond acceptors (Lipinski definition) is 5. The van der Waals surface area contributed by atoms with E-state index in [4.69, 9.17) is 23.7 Å². The molecule has 0 bridgehead atoms. The van der Waals surface area contributed by atoms with E-state index in [1.54, 1.807) is 14.2 Å². The topological polar surface area (TPSA) is 46.2 Å². The first-order valence-corrected chi connectivity index (χ1v) is 9.65. The van der Waals surface area contributed by atoms with Gasteiger partial charge in [0.25, 0.3) is 0 Å². The average molecular weight is 394 g/mol. The molecule has 2 aromatic rings. The summed E-state index contributed by atoms with van der Waals surface area (Å²) in [6.07, 6.45) is 4.68. The molecule has 0 N–H and O–H groups in total. The highest BCUT2D eigenvalue weighted by molar-refractivity contribution is 5.79. The zero-order valence-corrected chi connectivity index (χ0v) is 17.3.